The van der Waals surface area contributed by atoms with Gasteiger partial charge in [-0.3, -0.25) is 4.79 Å². The van der Waals surface area contributed by atoms with Gasteiger partial charge in [0.1, 0.15) is 0 Å². The molecule has 3 N–H and O–H groups in total. The topological polar surface area (TPSA) is 72.9 Å². The average Bonchev–Trinajstić information content (AvgIpc) is 3.27. The van der Waals surface area contributed by atoms with Gasteiger partial charge in [0.15, 0.2) is 5.16 Å². The molecule has 1 aliphatic carbocycles. The summed E-state index contributed by atoms with van der Waals surface area (Å²) < 4.78 is 1.47. The minimum atomic E-state index is -0.0581. The second-order valence-electron chi connectivity index (χ2n) is 6.36. The van der Waals surface area contributed by atoms with Gasteiger partial charge >= 0.3 is 0 Å². The highest BCUT2D eigenvalue weighted by Crippen LogP contribution is 2.26. The maximum absolute atomic E-state index is 12.3. The lowest BCUT2D eigenvalue weighted by Gasteiger charge is -2.07. The van der Waals surface area contributed by atoms with Gasteiger partial charge in [-0.1, -0.05) is 48.2 Å². The van der Waals surface area contributed by atoms with Crippen LogP contribution in [0.2, 0.25) is 0 Å². The van der Waals surface area contributed by atoms with Crippen molar-refractivity contribution in [2.75, 3.05) is 16.9 Å². The van der Waals surface area contributed by atoms with Crippen LogP contribution in [0.3, 0.4) is 0 Å². The zero-order valence-corrected chi connectivity index (χ0v) is 15.1. The zero-order chi connectivity index (χ0) is 17.9. The van der Waals surface area contributed by atoms with Crippen LogP contribution in [0, 0.1) is 0 Å². The molecular weight excluding hydrogens is 344 g/mol. The Hall–Kier alpha value is -2.73. The van der Waals surface area contributed by atoms with Gasteiger partial charge in [0.05, 0.1) is 17.6 Å². The second kappa shape index (κ2) is 7.25. The molecule has 0 fully saturated rings. The maximum atomic E-state index is 12.3. The van der Waals surface area contributed by atoms with Gasteiger partial charge in [0, 0.05) is 11.3 Å². The Morgan fingerprint density at radius 3 is 2.81 bits per heavy atom. The summed E-state index contributed by atoms with van der Waals surface area (Å²) >= 11 is 1.33. The quantitative estimate of drug-likeness (QED) is 0.537. The second-order valence-corrected chi connectivity index (χ2v) is 7.30. The molecule has 5 nitrogen and oxygen atoms in total. The highest BCUT2D eigenvalue weighted by atomic mass is 32.2. The fraction of sp³-hybridized carbons (Fsp3) is 0.200. The van der Waals surface area contributed by atoms with Crippen molar-refractivity contribution in [2.24, 2.45) is 0 Å². The Labute approximate surface area is 156 Å². The van der Waals surface area contributed by atoms with Crippen LogP contribution in [0.4, 0.5) is 5.69 Å². The summed E-state index contributed by atoms with van der Waals surface area (Å²) in [6.45, 7) is 0. The first-order valence-corrected chi connectivity index (χ1v) is 9.62. The first kappa shape index (κ1) is 16.7. The summed E-state index contributed by atoms with van der Waals surface area (Å²) in [7, 11) is 0. The summed E-state index contributed by atoms with van der Waals surface area (Å²) in [6.07, 6.45) is 5.21. The number of anilines is 1. The molecule has 4 rings (SSSR count). The highest BCUT2D eigenvalue weighted by Gasteiger charge is 2.13. The number of carbonyl (C=O) groups is 1. The molecule has 0 atom stereocenters. The SMILES string of the molecule is Nn1cc(-c2ccccc2)nc1SCC(=O)Nc1ccc2c(c1)CCC2. The molecule has 3 aromatic rings. The Bertz CT molecular complexity index is 936. The van der Waals surface area contributed by atoms with E-state index in [1.165, 1.54) is 34.0 Å². The third-order valence-electron chi connectivity index (χ3n) is 4.48. The third-order valence-corrected chi connectivity index (χ3v) is 5.45. The van der Waals surface area contributed by atoms with E-state index in [-0.39, 0.29) is 11.7 Å². The number of imidazole rings is 1. The summed E-state index contributed by atoms with van der Waals surface area (Å²) in [4.78, 5) is 16.8. The summed E-state index contributed by atoms with van der Waals surface area (Å²) in [5, 5.41) is 3.58. The number of hydrogen-bond acceptors (Lipinski definition) is 4. The molecule has 0 unspecified atom stereocenters. The van der Waals surface area contributed by atoms with Crippen LogP contribution in [0.15, 0.2) is 59.9 Å². The van der Waals surface area contributed by atoms with E-state index < -0.39 is 0 Å². The average molecular weight is 364 g/mol. The molecule has 132 valence electrons. The number of thioether (sulfide) groups is 1. The van der Waals surface area contributed by atoms with Crippen LogP contribution in [-0.2, 0) is 17.6 Å². The summed E-state index contributed by atoms with van der Waals surface area (Å²) in [6, 6.07) is 16.0. The van der Waals surface area contributed by atoms with E-state index in [4.69, 9.17) is 5.84 Å². The summed E-state index contributed by atoms with van der Waals surface area (Å²) in [5.74, 6) is 6.19. The maximum Gasteiger partial charge on any atom is 0.234 e. The van der Waals surface area contributed by atoms with Crippen LogP contribution in [-0.4, -0.2) is 21.3 Å². The van der Waals surface area contributed by atoms with Gasteiger partial charge in [-0.15, -0.1) is 0 Å². The largest absolute Gasteiger partial charge is 0.337 e. The van der Waals surface area contributed by atoms with Crippen molar-refractivity contribution in [3.63, 3.8) is 0 Å². The zero-order valence-electron chi connectivity index (χ0n) is 14.3. The number of aromatic nitrogens is 2. The number of aryl methyl sites for hydroxylation is 2. The van der Waals surface area contributed by atoms with Crippen LogP contribution in [0.25, 0.3) is 11.3 Å². The Morgan fingerprint density at radius 1 is 1.15 bits per heavy atom. The third kappa shape index (κ3) is 3.60. The van der Waals surface area contributed by atoms with Crippen molar-refractivity contribution < 1.29 is 4.79 Å². The number of carbonyl (C=O) groups excluding carboxylic acids is 1. The van der Waals surface area contributed by atoms with Gasteiger partial charge in [0.25, 0.3) is 0 Å². The van der Waals surface area contributed by atoms with E-state index in [0.29, 0.717) is 5.16 Å². The minimum absolute atomic E-state index is 0.0581. The lowest BCUT2D eigenvalue weighted by molar-refractivity contribution is -0.113. The van der Waals surface area contributed by atoms with Gasteiger partial charge in [0.2, 0.25) is 5.91 Å². The van der Waals surface area contributed by atoms with E-state index in [0.717, 1.165) is 29.8 Å². The molecule has 0 aliphatic heterocycles. The number of nitrogens with two attached hydrogens (primary N) is 1. The van der Waals surface area contributed by atoms with Gasteiger partial charge < -0.3 is 11.2 Å². The van der Waals surface area contributed by atoms with Crippen molar-refractivity contribution in [3.05, 3.63) is 65.9 Å². The first-order valence-electron chi connectivity index (χ1n) is 8.63. The first-order chi connectivity index (χ1) is 12.7. The molecule has 1 heterocycles. The molecule has 1 amide bonds. The van der Waals surface area contributed by atoms with Crippen molar-refractivity contribution in [3.8, 4) is 11.3 Å². The van der Waals surface area contributed by atoms with Crippen molar-refractivity contribution in [1.82, 2.24) is 9.66 Å². The van der Waals surface area contributed by atoms with Gasteiger partial charge in [-0.2, -0.15) is 0 Å². The van der Waals surface area contributed by atoms with E-state index in [2.05, 4.69) is 22.4 Å². The molecule has 0 saturated heterocycles. The van der Waals surface area contributed by atoms with Crippen molar-refractivity contribution in [1.29, 1.82) is 0 Å². The summed E-state index contributed by atoms with van der Waals surface area (Å²) in [5.41, 5.74) is 5.41. The number of nitrogen functional groups attached to an aromatic ring is 1. The molecule has 6 heteroatoms. The van der Waals surface area contributed by atoms with E-state index in [9.17, 15) is 4.79 Å². The number of benzene rings is 2. The molecule has 0 spiro atoms. The fourth-order valence-corrected chi connectivity index (χ4v) is 3.91. The fourth-order valence-electron chi connectivity index (χ4n) is 3.21. The van der Waals surface area contributed by atoms with Crippen LogP contribution in [0.1, 0.15) is 17.5 Å². The van der Waals surface area contributed by atoms with E-state index in [1.54, 1.807) is 6.20 Å². The minimum Gasteiger partial charge on any atom is -0.337 e. The number of rotatable bonds is 5. The number of nitrogens with zero attached hydrogens (tertiary/aromatic N) is 2. The Balaban J connectivity index is 1.38. The smallest absolute Gasteiger partial charge is 0.234 e. The standard InChI is InChI=1S/C20H20N4OS/c21-24-12-18(15-5-2-1-3-6-15)23-20(24)26-13-19(25)22-17-10-9-14-7-4-8-16(14)11-17/h1-3,5-6,9-12H,4,7-8,13,21H2,(H,22,25). The molecule has 0 bridgehead atoms. The molecule has 1 aromatic heterocycles. The molecule has 1 aliphatic rings. The molecule has 0 saturated carbocycles. The van der Waals surface area contributed by atoms with Gasteiger partial charge in [-0.05, 0) is 42.5 Å². The highest BCUT2D eigenvalue weighted by molar-refractivity contribution is 7.99. The molecular formula is C20H20N4OS. The predicted molar refractivity (Wildman–Crippen MR) is 106 cm³/mol. The lowest BCUT2D eigenvalue weighted by Crippen LogP contribution is -2.15. The lowest BCUT2D eigenvalue weighted by atomic mass is 10.1. The van der Waals surface area contributed by atoms with Crippen molar-refractivity contribution in [2.45, 2.75) is 24.4 Å². The van der Waals surface area contributed by atoms with Crippen LogP contribution >= 0.6 is 11.8 Å². The normalized spacial score (nSPS) is 12.8. The Morgan fingerprint density at radius 2 is 1.96 bits per heavy atom. The number of hydrogen-bond donors (Lipinski definition) is 2. The van der Waals surface area contributed by atoms with Crippen LogP contribution in [0.5, 0.6) is 0 Å². The monoisotopic (exact) mass is 364 g/mol. The van der Waals surface area contributed by atoms with Crippen LogP contribution < -0.4 is 11.2 Å². The van der Waals surface area contributed by atoms with Gasteiger partial charge in [-0.25, -0.2) is 9.66 Å². The number of amides is 1. The predicted octanol–water partition coefficient (Wildman–Crippen LogP) is 3.48. The number of nitrogens with one attached hydrogen (secondary N) is 1. The molecule has 26 heavy (non-hydrogen) atoms. The molecule has 0 radical (unpaired) electrons. The Kier molecular flexibility index (Phi) is 4.67. The van der Waals surface area contributed by atoms with Crippen molar-refractivity contribution >= 4 is 23.4 Å². The van der Waals surface area contributed by atoms with E-state index >= 15 is 0 Å². The van der Waals surface area contributed by atoms with E-state index in [1.807, 2.05) is 36.4 Å². The molecule has 2 aromatic carbocycles. The number of fused-ring (bicyclic) bond motifs is 1.